The van der Waals surface area contributed by atoms with E-state index in [1.165, 1.54) is 19.2 Å². The summed E-state index contributed by atoms with van der Waals surface area (Å²) in [6.07, 6.45) is 1.13. The van der Waals surface area contributed by atoms with E-state index in [4.69, 9.17) is 11.6 Å². The van der Waals surface area contributed by atoms with Crippen LogP contribution in [0.2, 0.25) is 5.02 Å². The minimum atomic E-state index is -0.573. The van der Waals surface area contributed by atoms with Crippen molar-refractivity contribution in [2.24, 2.45) is 0 Å². The first-order valence-corrected chi connectivity index (χ1v) is 8.39. The monoisotopic (exact) mass is 360 g/mol. The summed E-state index contributed by atoms with van der Waals surface area (Å²) >= 11 is 6.46. The summed E-state index contributed by atoms with van der Waals surface area (Å²) < 4.78 is 14.2. The fraction of sp³-hybridized carbons (Fsp3) is 0.263. The SMILES string of the molecule is CNC(=O)c1ccc(Cc2cc3c(c(Cl)c2C)CCNC3=O)cc1F. The first-order chi connectivity index (χ1) is 11.9. The van der Waals surface area contributed by atoms with Gasteiger partial charge in [-0.15, -0.1) is 0 Å². The second-order valence-electron chi connectivity index (χ2n) is 6.08. The number of halogens is 2. The largest absolute Gasteiger partial charge is 0.355 e. The highest BCUT2D eigenvalue weighted by atomic mass is 35.5. The number of carbonyl (C=O) groups is 2. The molecule has 0 atom stereocenters. The topological polar surface area (TPSA) is 58.2 Å². The van der Waals surface area contributed by atoms with Crippen LogP contribution in [0.3, 0.4) is 0 Å². The van der Waals surface area contributed by atoms with Crippen molar-refractivity contribution in [3.8, 4) is 0 Å². The second kappa shape index (κ2) is 6.84. The summed E-state index contributed by atoms with van der Waals surface area (Å²) in [7, 11) is 1.46. The average Bonchev–Trinajstić information content (AvgIpc) is 2.60. The molecule has 4 nitrogen and oxygen atoms in total. The lowest BCUT2D eigenvalue weighted by atomic mass is 9.91. The van der Waals surface area contributed by atoms with E-state index in [-0.39, 0.29) is 11.5 Å². The Morgan fingerprint density at radius 3 is 2.80 bits per heavy atom. The number of fused-ring (bicyclic) bond motifs is 1. The van der Waals surface area contributed by atoms with Gasteiger partial charge in [0.15, 0.2) is 0 Å². The smallest absolute Gasteiger partial charge is 0.253 e. The van der Waals surface area contributed by atoms with Crippen LogP contribution >= 0.6 is 11.6 Å². The normalized spacial score (nSPS) is 13.2. The van der Waals surface area contributed by atoms with Crippen LogP contribution in [-0.2, 0) is 12.8 Å². The van der Waals surface area contributed by atoms with Crippen LogP contribution in [-0.4, -0.2) is 25.4 Å². The van der Waals surface area contributed by atoms with Crippen molar-refractivity contribution in [2.45, 2.75) is 19.8 Å². The van der Waals surface area contributed by atoms with Crippen molar-refractivity contribution in [1.29, 1.82) is 0 Å². The molecule has 1 aliphatic rings. The minimum absolute atomic E-state index is 0.00539. The zero-order valence-electron chi connectivity index (χ0n) is 14.0. The van der Waals surface area contributed by atoms with Crippen molar-refractivity contribution in [2.75, 3.05) is 13.6 Å². The van der Waals surface area contributed by atoms with Crippen LogP contribution < -0.4 is 10.6 Å². The fourth-order valence-electron chi connectivity index (χ4n) is 3.09. The van der Waals surface area contributed by atoms with E-state index >= 15 is 0 Å². The molecule has 2 aromatic rings. The fourth-order valence-corrected chi connectivity index (χ4v) is 3.41. The molecule has 0 fully saturated rings. The summed E-state index contributed by atoms with van der Waals surface area (Å²) in [6.45, 7) is 2.48. The lowest BCUT2D eigenvalue weighted by Gasteiger charge is -2.21. The minimum Gasteiger partial charge on any atom is -0.355 e. The summed E-state index contributed by atoms with van der Waals surface area (Å²) in [5, 5.41) is 5.82. The third-order valence-electron chi connectivity index (χ3n) is 4.52. The average molecular weight is 361 g/mol. The molecule has 0 radical (unpaired) electrons. The molecule has 0 aliphatic carbocycles. The molecular weight excluding hydrogens is 343 g/mol. The van der Waals surface area contributed by atoms with Gasteiger partial charge in [-0.3, -0.25) is 9.59 Å². The van der Waals surface area contributed by atoms with Crippen LogP contribution in [0.5, 0.6) is 0 Å². The number of hydrogen-bond donors (Lipinski definition) is 2. The maximum atomic E-state index is 14.2. The zero-order chi connectivity index (χ0) is 18.1. The molecule has 1 aliphatic heterocycles. The number of carbonyl (C=O) groups excluding carboxylic acids is 2. The van der Waals surface area contributed by atoms with Crippen LogP contribution in [0.15, 0.2) is 24.3 Å². The van der Waals surface area contributed by atoms with Crippen LogP contribution in [0.4, 0.5) is 4.39 Å². The van der Waals surface area contributed by atoms with Gasteiger partial charge in [-0.2, -0.15) is 0 Å². The Labute approximate surface area is 150 Å². The maximum absolute atomic E-state index is 14.2. The van der Waals surface area contributed by atoms with Gasteiger partial charge < -0.3 is 10.6 Å². The Hall–Kier alpha value is -2.40. The Bertz CT molecular complexity index is 880. The molecule has 0 saturated heterocycles. The molecule has 0 aromatic heterocycles. The summed E-state index contributed by atoms with van der Waals surface area (Å²) in [6, 6.07) is 6.35. The van der Waals surface area contributed by atoms with Gasteiger partial charge in [0.2, 0.25) is 0 Å². The maximum Gasteiger partial charge on any atom is 0.253 e. The summed E-state index contributed by atoms with van der Waals surface area (Å²) in [5.41, 5.74) is 3.93. The van der Waals surface area contributed by atoms with Gasteiger partial charge in [-0.25, -0.2) is 4.39 Å². The van der Waals surface area contributed by atoms with Crippen molar-refractivity contribution >= 4 is 23.4 Å². The Kier molecular flexibility index (Phi) is 4.77. The van der Waals surface area contributed by atoms with Crippen LogP contribution in [0, 0.1) is 12.7 Å². The summed E-state index contributed by atoms with van der Waals surface area (Å²) in [5.74, 6) is -1.17. The van der Waals surface area contributed by atoms with E-state index in [0.29, 0.717) is 35.5 Å². The standard InChI is InChI=1S/C19H18ClFN2O2/c1-10-12(9-15-13(17(10)20)5-6-23-19(15)25)7-11-3-4-14(16(21)8-11)18(24)22-2/h3-4,8-9H,5-7H2,1-2H3,(H,22,24)(H,23,25). The van der Waals surface area contributed by atoms with Gasteiger partial charge >= 0.3 is 0 Å². The highest BCUT2D eigenvalue weighted by molar-refractivity contribution is 6.32. The van der Waals surface area contributed by atoms with Gasteiger partial charge in [0.25, 0.3) is 11.8 Å². The Morgan fingerprint density at radius 1 is 1.36 bits per heavy atom. The van der Waals surface area contributed by atoms with Crippen molar-refractivity contribution < 1.29 is 14.0 Å². The predicted octanol–water partition coefficient (Wildman–Crippen LogP) is 3.02. The number of amides is 2. The highest BCUT2D eigenvalue weighted by Gasteiger charge is 2.22. The third-order valence-corrected chi connectivity index (χ3v) is 5.04. The molecule has 2 N–H and O–H groups in total. The first-order valence-electron chi connectivity index (χ1n) is 8.02. The van der Waals surface area contributed by atoms with E-state index in [1.807, 2.05) is 13.0 Å². The van der Waals surface area contributed by atoms with E-state index < -0.39 is 11.7 Å². The molecule has 0 spiro atoms. The lowest BCUT2D eigenvalue weighted by Crippen LogP contribution is -2.32. The van der Waals surface area contributed by atoms with Gasteiger partial charge in [0.1, 0.15) is 5.82 Å². The van der Waals surface area contributed by atoms with E-state index in [0.717, 1.165) is 16.7 Å². The first kappa shape index (κ1) is 17.4. The molecule has 2 aromatic carbocycles. The molecule has 2 amide bonds. The third kappa shape index (κ3) is 3.24. The van der Waals surface area contributed by atoms with Crippen molar-refractivity contribution in [3.63, 3.8) is 0 Å². The van der Waals surface area contributed by atoms with Gasteiger partial charge in [-0.1, -0.05) is 17.7 Å². The van der Waals surface area contributed by atoms with Crippen molar-refractivity contribution in [3.05, 3.63) is 68.5 Å². The van der Waals surface area contributed by atoms with E-state index in [2.05, 4.69) is 10.6 Å². The molecular formula is C19H18ClFN2O2. The number of benzene rings is 2. The predicted molar refractivity (Wildman–Crippen MR) is 94.8 cm³/mol. The van der Waals surface area contributed by atoms with Crippen LogP contribution in [0.1, 0.15) is 43.0 Å². The Morgan fingerprint density at radius 2 is 2.12 bits per heavy atom. The summed E-state index contributed by atoms with van der Waals surface area (Å²) in [4.78, 5) is 23.7. The van der Waals surface area contributed by atoms with E-state index in [1.54, 1.807) is 6.07 Å². The molecule has 1 heterocycles. The number of rotatable bonds is 3. The zero-order valence-corrected chi connectivity index (χ0v) is 14.8. The van der Waals surface area contributed by atoms with E-state index in [9.17, 15) is 14.0 Å². The van der Waals surface area contributed by atoms with Gasteiger partial charge in [-0.05, 0) is 60.2 Å². The van der Waals surface area contributed by atoms with Crippen molar-refractivity contribution in [1.82, 2.24) is 10.6 Å². The number of hydrogen-bond acceptors (Lipinski definition) is 2. The second-order valence-corrected chi connectivity index (χ2v) is 6.45. The lowest BCUT2D eigenvalue weighted by molar-refractivity contribution is 0.0942. The molecule has 25 heavy (non-hydrogen) atoms. The molecule has 6 heteroatoms. The molecule has 130 valence electrons. The molecule has 0 bridgehead atoms. The van der Waals surface area contributed by atoms with Crippen LogP contribution in [0.25, 0.3) is 0 Å². The van der Waals surface area contributed by atoms with Gasteiger partial charge in [0, 0.05) is 24.2 Å². The molecule has 3 rings (SSSR count). The number of nitrogens with one attached hydrogen (secondary N) is 2. The highest BCUT2D eigenvalue weighted by Crippen LogP contribution is 2.31. The van der Waals surface area contributed by atoms with Gasteiger partial charge in [0.05, 0.1) is 5.56 Å². The Balaban J connectivity index is 1.97. The molecule has 0 saturated carbocycles. The quantitative estimate of drug-likeness (QED) is 0.884. The molecule has 0 unspecified atom stereocenters.